The lowest BCUT2D eigenvalue weighted by Crippen LogP contribution is -2.30. The average molecular weight is 410 g/mol. The number of thioether (sulfide) groups is 1. The van der Waals surface area contributed by atoms with E-state index in [4.69, 9.17) is 4.74 Å². The van der Waals surface area contributed by atoms with Crippen LogP contribution in [0.25, 0.3) is 10.8 Å². The number of rotatable bonds is 7. The highest BCUT2D eigenvalue weighted by molar-refractivity contribution is 8.00. The summed E-state index contributed by atoms with van der Waals surface area (Å²) in [6.07, 6.45) is -1.08. The summed E-state index contributed by atoms with van der Waals surface area (Å²) in [5, 5.41) is 15.6. The minimum atomic E-state index is -1.08. The van der Waals surface area contributed by atoms with Gasteiger partial charge in [0.15, 0.2) is 6.10 Å². The number of fused-ring (bicyclic) bond motifs is 1. The molecule has 1 amide bonds. The molecular formula is C21H18N2O5S. The van der Waals surface area contributed by atoms with Gasteiger partial charge < -0.3 is 10.1 Å². The van der Waals surface area contributed by atoms with Crippen molar-refractivity contribution in [2.75, 3.05) is 11.1 Å². The van der Waals surface area contributed by atoms with Crippen molar-refractivity contribution in [1.82, 2.24) is 0 Å². The number of hydrogen-bond donors (Lipinski definition) is 1. The molecule has 0 saturated heterocycles. The van der Waals surface area contributed by atoms with Crippen LogP contribution < -0.4 is 5.32 Å². The molecule has 0 aromatic heterocycles. The number of amides is 1. The molecule has 7 nitrogen and oxygen atoms in total. The molecular weight excluding hydrogens is 392 g/mol. The first-order valence-corrected chi connectivity index (χ1v) is 9.78. The van der Waals surface area contributed by atoms with Crippen molar-refractivity contribution in [3.8, 4) is 0 Å². The molecule has 148 valence electrons. The number of nitro groups is 1. The number of carbonyl (C=O) groups excluding carboxylic acids is 2. The van der Waals surface area contributed by atoms with Gasteiger partial charge >= 0.3 is 5.97 Å². The standard InChI is InChI=1S/C21H18N2O5S/c1-14(21(25)22-18-8-4-5-9-19(18)23(26)27)28-20(24)13-29-17-11-10-15-6-2-3-7-16(15)12-17/h2-12,14H,13H2,1H3,(H,22,25)/t14-/m0/s1. The Labute approximate surface area is 171 Å². The average Bonchev–Trinajstić information content (AvgIpc) is 2.72. The highest BCUT2D eigenvalue weighted by Crippen LogP contribution is 2.25. The van der Waals surface area contributed by atoms with E-state index in [0.29, 0.717) is 0 Å². The zero-order valence-electron chi connectivity index (χ0n) is 15.5. The van der Waals surface area contributed by atoms with Crippen LogP contribution in [0.3, 0.4) is 0 Å². The Kier molecular flexibility index (Phi) is 6.46. The minimum absolute atomic E-state index is 0.0431. The van der Waals surface area contributed by atoms with Gasteiger partial charge in [0.05, 0.1) is 10.7 Å². The number of benzene rings is 3. The molecule has 3 aromatic carbocycles. The zero-order chi connectivity index (χ0) is 20.8. The molecule has 3 rings (SSSR count). The maximum atomic E-state index is 12.2. The zero-order valence-corrected chi connectivity index (χ0v) is 16.3. The summed E-state index contributed by atoms with van der Waals surface area (Å²) in [5.41, 5.74) is -0.179. The Morgan fingerprint density at radius 1 is 1.07 bits per heavy atom. The van der Waals surface area contributed by atoms with Crippen molar-refractivity contribution in [3.63, 3.8) is 0 Å². The van der Waals surface area contributed by atoms with E-state index >= 15 is 0 Å². The maximum Gasteiger partial charge on any atom is 0.317 e. The van der Waals surface area contributed by atoms with Crippen molar-refractivity contribution in [2.45, 2.75) is 17.9 Å². The first-order valence-electron chi connectivity index (χ1n) is 8.79. The number of anilines is 1. The van der Waals surface area contributed by atoms with Crippen molar-refractivity contribution in [3.05, 3.63) is 76.8 Å². The number of carbonyl (C=O) groups is 2. The summed E-state index contributed by atoms with van der Waals surface area (Å²) in [4.78, 5) is 35.7. The van der Waals surface area contributed by atoms with E-state index < -0.39 is 22.9 Å². The monoisotopic (exact) mass is 410 g/mol. The van der Waals surface area contributed by atoms with E-state index in [1.165, 1.54) is 36.9 Å². The molecule has 29 heavy (non-hydrogen) atoms. The topological polar surface area (TPSA) is 98.5 Å². The van der Waals surface area contributed by atoms with Crippen LogP contribution in [-0.2, 0) is 14.3 Å². The fourth-order valence-corrected chi connectivity index (χ4v) is 3.38. The number of para-hydroxylation sites is 2. The predicted octanol–water partition coefficient (Wildman–Crippen LogP) is 4.41. The van der Waals surface area contributed by atoms with Crippen molar-refractivity contribution < 1.29 is 19.2 Å². The van der Waals surface area contributed by atoms with Gasteiger partial charge in [-0.05, 0) is 35.9 Å². The van der Waals surface area contributed by atoms with Crippen LogP contribution in [-0.4, -0.2) is 28.7 Å². The predicted molar refractivity (Wildman–Crippen MR) is 112 cm³/mol. The van der Waals surface area contributed by atoms with Gasteiger partial charge in [-0.3, -0.25) is 19.7 Å². The number of nitrogens with one attached hydrogen (secondary N) is 1. The number of esters is 1. The molecule has 0 heterocycles. The third-order valence-corrected chi connectivity index (χ3v) is 5.08. The van der Waals surface area contributed by atoms with Gasteiger partial charge in [-0.15, -0.1) is 11.8 Å². The lowest BCUT2D eigenvalue weighted by Gasteiger charge is -2.13. The molecule has 0 aliphatic rings. The molecule has 3 aromatic rings. The molecule has 0 aliphatic heterocycles. The Morgan fingerprint density at radius 3 is 2.52 bits per heavy atom. The second-order valence-electron chi connectivity index (χ2n) is 6.19. The molecule has 0 fully saturated rings. The van der Waals surface area contributed by atoms with Crippen LogP contribution in [0.4, 0.5) is 11.4 Å². The van der Waals surface area contributed by atoms with Crippen LogP contribution in [0.1, 0.15) is 6.92 Å². The second kappa shape index (κ2) is 9.20. The normalized spacial score (nSPS) is 11.6. The van der Waals surface area contributed by atoms with E-state index in [1.54, 1.807) is 6.07 Å². The van der Waals surface area contributed by atoms with Gasteiger partial charge in [-0.1, -0.05) is 42.5 Å². The molecule has 0 unspecified atom stereocenters. The SMILES string of the molecule is C[C@H](OC(=O)CSc1ccc2ccccc2c1)C(=O)Nc1ccccc1[N+](=O)[O-]. The van der Waals surface area contributed by atoms with Gasteiger partial charge in [0, 0.05) is 11.0 Å². The quantitative estimate of drug-likeness (QED) is 0.268. The summed E-state index contributed by atoms with van der Waals surface area (Å²) >= 11 is 1.31. The lowest BCUT2D eigenvalue weighted by atomic mass is 10.1. The van der Waals surface area contributed by atoms with E-state index in [0.717, 1.165) is 15.7 Å². The Bertz CT molecular complexity index is 1070. The van der Waals surface area contributed by atoms with Crippen molar-refractivity contribution in [2.24, 2.45) is 0 Å². The third kappa shape index (κ3) is 5.32. The highest BCUT2D eigenvalue weighted by atomic mass is 32.2. The number of ether oxygens (including phenoxy) is 1. The lowest BCUT2D eigenvalue weighted by molar-refractivity contribution is -0.383. The summed E-state index contributed by atoms with van der Waals surface area (Å²) in [7, 11) is 0. The Balaban J connectivity index is 1.54. The molecule has 0 saturated carbocycles. The molecule has 0 bridgehead atoms. The molecule has 1 atom stereocenters. The van der Waals surface area contributed by atoms with Gasteiger partial charge in [0.1, 0.15) is 5.69 Å². The maximum absolute atomic E-state index is 12.2. The van der Waals surface area contributed by atoms with Gasteiger partial charge in [-0.2, -0.15) is 0 Å². The Hall–Kier alpha value is -3.39. The van der Waals surface area contributed by atoms with Crippen molar-refractivity contribution in [1.29, 1.82) is 0 Å². The first kappa shape index (κ1) is 20.3. The van der Waals surface area contributed by atoms with E-state index in [2.05, 4.69) is 5.32 Å². The van der Waals surface area contributed by atoms with Gasteiger partial charge in [0.2, 0.25) is 0 Å². The van der Waals surface area contributed by atoms with Crippen LogP contribution in [0.2, 0.25) is 0 Å². The summed E-state index contributed by atoms with van der Waals surface area (Å²) < 4.78 is 5.15. The van der Waals surface area contributed by atoms with Crippen molar-refractivity contribution >= 4 is 45.8 Å². The van der Waals surface area contributed by atoms with Crippen LogP contribution in [0, 0.1) is 10.1 Å². The third-order valence-electron chi connectivity index (χ3n) is 4.11. The molecule has 0 aliphatic carbocycles. The van der Waals surface area contributed by atoms with Crippen LogP contribution >= 0.6 is 11.8 Å². The number of hydrogen-bond acceptors (Lipinski definition) is 6. The molecule has 8 heteroatoms. The largest absolute Gasteiger partial charge is 0.452 e. The fourth-order valence-electron chi connectivity index (χ4n) is 2.66. The number of nitro benzene ring substituents is 1. The van der Waals surface area contributed by atoms with Crippen LogP contribution in [0.15, 0.2) is 71.6 Å². The van der Waals surface area contributed by atoms with E-state index in [1.807, 2.05) is 42.5 Å². The first-order chi connectivity index (χ1) is 13.9. The molecule has 0 spiro atoms. The molecule has 1 N–H and O–H groups in total. The second-order valence-corrected chi connectivity index (χ2v) is 7.24. The minimum Gasteiger partial charge on any atom is -0.452 e. The highest BCUT2D eigenvalue weighted by Gasteiger charge is 2.21. The molecule has 0 radical (unpaired) electrons. The van der Waals surface area contributed by atoms with Gasteiger partial charge in [0.25, 0.3) is 11.6 Å². The summed E-state index contributed by atoms with van der Waals surface area (Å²) in [6.45, 7) is 1.42. The van der Waals surface area contributed by atoms with E-state index in [9.17, 15) is 19.7 Å². The fraction of sp³-hybridized carbons (Fsp3) is 0.143. The smallest absolute Gasteiger partial charge is 0.317 e. The van der Waals surface area contributed by atoms with Crippen LogP contribution in [0.5, 0.6) is 0 Å². The summed E-state index contributed by atoms with van der Waals surface area (Å²) in [5.74, 6) is -1.14. The van der Waals surface area contributed by atoms with Gasteiger partial charge in [-0.25, -0.2) is 0 Å². The van der Waals surface area contributed by atoms with E-state index in [-0.39, 0.29) is 17.1 Å². The number of nitrogens with zero attached hydrogens (tertiary/aromatic N) is 1. The Morgan fingerprint density at radius 2 is 1.76 bits per heavy atom. The summed E-state index contributed by atoms with van der Waals surface area (Å²) in [6, 6.07) is 19.6.